The molecule has 2 saturated heterocycles. The van der Waals surface area contributed by atoms with Gasteiger partial charge >= 0.3 is 6.03 Å². The second-order valence-electron chi connectivity index (χ2n) is 7.15. The first-order valence-corrected chi connectivity index (χ1v) is 8.58. The molecule has 3 fully saturated rings. The Kier molecular flexibility index (Phi) is 3.51. The topological polar surface area (TPSA) is 61.4 Å². The molecule has 1 aromatic carbocycles. The van der Waals surface area contributed by atoms with Gasteiger partial charge in [0.1, 0.15) is 0 Å². The van der Waals surface area contributed by atoms with Crippen molar-refractivity contribution in [2.24, 2.45) is 0 Å². The molecular formula is C18H23N3O2. The van der Waals surface area contributed by atoms with Crippen LogP contribution < -0.4 is 10.6 Å². The van der Waals surface area contributed by atoms with E-state index >= 15 is 0 Å². The Hall–Kier alpha value is -2.04. The summed E-state index contributed by atoms with van der Waals surface area (Å²) < 4.78 is 0. The highest BCUT2D eigenvalue weighted by atomic mass is 16.2. The van der Waals surface area contributed by atoms with Crippen molar-refractivity contribution in [3.63, 3.8) is 0 Å². The highest BCUT2D eigenvalue weighted by Crippen LogP contribution is 2.39. The minimum absolute atomic E-state index is 0.0527. The number of carbonyl (C=O) groups excluding carboxylic acids is 2. The number of rotatable bonds is 2. The van der Waals surface area contributed by atoms with E-state index < -0.39 is 0 Å². The van der Waals surface area contributed by atoms with Crippen LogP contribution in [0, 0.1) is 0 Å². The van der Waals surface area contributed by atoms with Crippen molar-refractivity contribution >= 4 is 11.9 Å². The first-order valence-electron chi connectivity index (χ1n) is 8.58. The summed E-state index contributed by atoms with van der Waals surface area (Å²) in [4.78, 5) is 26.4. The Morgan fingerprint density at radius 2 is 1.87 bits per heavy atom. The van der Waals surface area contributed by atoms with Crippen LogP contribution in [-0.2, 0) is 4.79 Å². The summed E-state index contributed by atoms with van der Waals surface area (Å²) in [6.07, 6.45) is 4.75. The van der Waals surface area contributed by atoms with Gasteiger partial charge in [0.2, 0.25) is 5.91 Å². The van der Waals surface area contributed by atoms with Crippen LogP contribution in [0.25, 0.3) is 0 Å². The third kappa shape index (κ3) is 2.92. The van der Waals surface area contributed by atoms with E-state index in [0.717, 1.165) is 50.8 Å². The number of benzene rings is 1. The summed E-state index contributed by atoms with van der Waals surface area (Å²) in [7, 11) is 0. The van der Waals surface area contributed by atoms with Gasteiger partial charge < -0.3 is 15.5 Å². The lowest BCUT2D eigenvalue weighted by Crippen LogP contribution is -2.54. The molecule has 1 aliphatic carbocycles. The van der Waals surface area contributed by atoms with Crippen molar-refractivity contribution in [3.05, 3.63) is 35.9 Å². The lowest BCUT2D eigenvalue weighted by Gasteiger charge is -2.39. The predicted molar refractivity (Wildman–Crippen MR) is 87.0 cm³/mol. The number of hydrogen-bond acceptors (Lipinski definition) is 2. The van der Waals surface area contributed by atoms with Crippen molar-refractivity contribution in [3.8, 4) is 0 Å². The Morgan fingerprint density at radius 3 is 2.52 bits per heavy atom. The van der Waals surface area contributed by atoms with E-state index in [1.165, 1.54) is 0 Å². The van der Waals surface area contributed by atoms with Crippen LogP contribution in [0.4, 0.5) is 4.79 Å². The maximum Gasteiger partial charge on any atom is 0.317 e. The molecule has 1 aromatic rings. The first kappa shape index (κ1) is 14.5. The van der Waals surface area contributed by atoms with Crippen LogP contribution in [0.5, 0.6) is 0 Å². The maximum absolute atomic E-state index is 12.4. The molecule has 2 aliphatic heterocycles. The van der Waals surface area contributed by atoms with Gasteiger partial charge in [-0.2, -0.15) is 0 Å². The number of piperidine rings is 1. The maximum atomic E-state index is 12.4. The smallest absolute Gasteiger partial charge is 0.317 e. The van der Waals surface area contributed by atoms with Crippen LogP contribution >= 0.6 is 0 Å². The van der Waals surface area contributed by atoms with Gasteiger partial charge in [-0.1, -0.05) is 30.3 Å². The molecule has 5 heteroatoms. The number of nitrogens with zero attached hydrogens (tertiary/aromatic N) is 1. The van der Waals surface area contributed by atoms with E-state index in [1.54, 1.807) is 0 Å². The van der Waals surface area contributed by atoms with Crippen molar-refractivity contribution in [1.29, 1.82) is 0 Å². The molecule has 2 N–H and O–H groups in total. The quantitative estimate of drug-likeness (QED) is 0.877. The summed E-state index contributed by atoms with van der Waals surface area (Å²) in [6.45, 7) is 1.45. The second kappa shape index (κ2) is 5.55. The van der Waals surface area contributed by atoms with Crippen molar-refractivity contribution in [2.75, 3.05) is 13.1 Å². The Balaban J connectivity index is 1.39. The molecule has 1 spiro atoms. The second-order valence-corrected chi connectivity index (χ2v) is 7.15. The van der Waals surface area contributed by atoms with E-state index in [1.807, 2.05) is 35.2 Å². The molecule has 0 radical (unpaired) electrons. The molecule has 0 bridgehead atoms. The van der Waals surface area contributed by atoms with E-state index in [2.05, 4.69) is 10.6 Å². The zero-order valence-corrected chi connectivity index (χ0v) is 13.3. The van der Waals surface area contributed by atoms with Crippen molar-refractivity contribution in [1.82, 2.24) is 15.5 Å². The summed E-state index contributed by atoms with van der Waals surface area (Å²) in [5.41, 5.74) is 0.962. The molecule has 0 unspecified atom stereocenters. The van der Waals surface area contributed by atoms with Crippen LogP contribution in [0.3, 0.4) is 0 Å². The Labute approximate surface area is 136 Å². The number of nitrogens with one attached hydrogen (secondary N) is 2. The molecule has 122 valence electrons. The van der Waals surface area contributed by atoms with E-state index in [-0.39, 0.29) is 23.4 Å². The standard InChI is InChI=1S/C18H23N3O2/c22-16-15(13-4-2-1-3-5-13)12-18(20-16)8-10-21(11-9-18)17(23)19-14-6-7-14/h1-5,14-15H,6-12H2,(H,19,23)(H,20,22)/t15-/m1/s1. The minimum Gasteiger partial charge on any atom is -0.350 e. The van der Waals surface area contributed by atoms with Crippen LogP contribution in [-0.4, -0.2) is 41.5 Å². The van der Waals surface area contributed by atoms with Crippen LogP contribution in [0.1, 0.15) is 43.6 Å². The summed E-state index contributed by atoms with van der Waals surface area (Å²) >= 11 is 0. The molecule has 4 rings (SSSR count). The first-order chi connectivity index (χ1) is 11.2. The number of carbonyl (C=O) groups is 2. The number of amides is 3. The van der Waals surface area contributed by atoms with Crippen LogP contribution in [0.15, 0.2) is 30.3 Å². The van der Waals surface area contributed by atoms with Gasteiger partial charge in [0.05, 0.1) is 5.92 Å². The summed E-state index contributed by atoms with van der Waals surface area (Å²) in [5, 5.41) is 6.28. The lowest BCUT2D eigenvalue weighted by molar-refractivity contribution is -0.121. The highest BCUT2D eigenvalue weighted by molar-refractivity contribution is 5.87. The predicted octanol–water partition coefficient (Wildman–Crippen LogP) is 2.00. The summed E-state index contributed by atoms with van der Waals surface area (Å²) in [6, 6.07) is 10.5. The van der Waals surface area contributed by atoms with Gasteiger partial charge in [-0.3, -0.25) is 4.79 Å². The largest absolute Gasteiger partial charge is 0.350 e. The van der Waals surface area contributed by atoms with Crippen LogP contribution in [0.2, 0.25) is 0 Å². The fraction of sp³-hybridized carbons (Fsp3) is 0.556. The molecule has 1 saturated carbocycles. The molecule has 3 aliphatic rings. The fourth-order valence-corrected chi connectivity index (χ4v) is 3.80. The third-order valence-electron chi connectivity index (χ3n) is 5.41. The average molecular weight is 313 g/mol. The van der Waals surface area contributed by atoms with Crippen molar-refractivity contribution in [2.45, 2.75) is 49.6 Å². The zero-order chi connectivity index (χ0) is 15.9. The number of hydrogen-bond donors (Lipinski definition) is 2. The molecule has 0 aromatic heterocycles. The molecule has 23 heavy (non-hydrogen) atoms. The molecule has 1 atom stereocenters. The van der Waals surface area contributed by atoms with Gasteiger partial charge in [0.15, 0.2) is 0 Å². The van der Waals surface area contributed by atoms with E-state index in [0.29, 0.717) is 6.04 Å². The van der Waals surface area contributed by atoms with Gasteiger partial charge in [-0.15, -0.1) is 0 Å². The third-order valence-corrected chi connectivity index (χ3v) is 5.41. The minimum atomic E-state index is -0.131. The van der Waals surface area contributed by atoms with Gasteiger partial charge in [-0.05, 0) is 37.7 Å². The normalized spacial score (nSPS) is 26.2. The van der Waals surface area contributed by atoms with Gasteiger partial charge in [0, 0.05) is 24.7 Å². The van der Waals surface area contributed by atoms with E-state index in [9.17, 15) is 9.59 Å². The molecule has 2 heterocycles. The molecular weight excluding hydrogens is 290 g/mol. The average Bonchev–Trinajstić information content (AvgIpc) is 3.32. The Bertz CT molecular complexity index is 604. The number of likely N-dealkylation sites (tertiary alicyclic amines) is 1. The van der Waals surface area contributed by atoms with Crippen molar-refractivity contribution < 1.29 is 9.59 Å². The van der Waals surface area contributed by atoms with Gasteiger partial charge in [0.25, 0.3) is 0 Å². The molecule has 3 amide bonds. The fourth-order valence-electron chi connectivity index (χ4n) is 3.80. The number of urea groups is 1. The monoisotopic (exact) mass is 313 g/mol. The molecule has 5 nitrogen and oxygen atoms in total. The zero-order valence-electron chi connectivity index (χ0n) is 13.3. The Morgan fingerprint density at radius 1 is 1.17 bits per heavy atom. The SMILES string of the molecule is O=C1NC2(CCN(C(=O)NC3CC3)CC2)C[C@@H]1c1ccccc1. The van der Waals surface area contributed by atoms with Gasteiger partial charge in [-0.25, -0.2) is 4.79 Å². The lowest BCUT2D eigenvalue weighted by atomic mass is 9.82. The van der Waals surface area contributed by atoms with E-state index in [4.69, 9.17) is 0 Å². The summed E-state index contributed by atoms with van der Waals surface area (Å²) in [5.74, 6) is 0.0788. The highest BCUT2D eigenvalue weighted by Gasteiger charge is 2.46.